The lowest BCUT2D eigenvalue weighted by Crippen LogP contribution is -2.24. The lowest BCUT2D eigenvalue weighted by atomic mass is 10.1. The summed E-state index contributed by atoms with van der Waals surface area (Å²) in [7, 11) is 0. The topological polar surface area (TPSA) is 29.1 Å². The average molecular weight is 264 g/mol. The van der Waals surface area contributed by atoms with Crippen LogP contribution in [-0.4, -0.2) is 17.8 Å². The van der Waals surface area contributed by atoms with Gasteiger partial charge in [0.05, 0.1) is 0 Å². The highest BCUT2D eigenvalue weighted by Crippen LogP contribution is 2.02. The molecule has 1 N–H and O–H groups in total. The largest absolute Gasteiger partial charge is 0.356 e. The SMILES string of the molecule is CCCCCCC(=O)NCCCCBr. The van der Waals surface area contributed by atoms with Crippen LogP contribution in [0.4, 0.5) is 0 Å². The summed E-state index contributed by atoms with van der Waals surface area (Å²) in [6.45, 7) is 3.01. The molecule has 0 aromatic heterocycles. The minimum atomic E-state index is 0.218. The van der Waals surface area contributed by atoms with E-state index in [4.69, 9.17) is 0 Å². The summed E-state index contributed by atoms with van der Waals surface area (Å²) >= 11 is 3.36. The summed E-state index contributed by atoms with van der Waals surface area (Å²) in [5, 5.41) is 3.96. The molecule has 0 rings (SSSR count). The predicted octanol–water partition coefficient (Wildman–Crippen LogP) is 3.25. The molecule has 0 spiro atoms. The van der Waals surface area contributed by atoms with Gasteiger partial charge in [-0.15, -0.1) is 0 Å². The van der Waals surface area contributed by atoms with Gasteiger partial charge in [0.15, 0.2) is 0 Å². The zero-order valence-corrected chi connectivity index (χ0v) is 10.7. The molecule has 14 heavy (non-hydrogen) atoms. The van der Waals surface area contributed by atoms with Crippen LogP contribution < -0.4 is 5.32 Å². The van der Waals surface area contributed by atoms with Gasteiger partial charge in [-0.3, -0.25) is 4.79 Å². The Labute approximate surface area is 96.0 Å². The van der Waals surface area contributed by atoms with Crippen molar-refractivity contribution in [2.75, 3.05) is 11.9 Å². The van der Waals surface area contributed by atoms with Crippen LogP contribution in [0.1, 0.15) is 51.9 Å². The summed E-state index contributed by atoms with van der Waals surface area (Å²) in [5.41, 5.74) is 0. The molecule has 0 fully saturated rings. The standard InChI is InChI=1S/C11H22BrNO/c1-2-3-4-5-8-11(14)13-10-7-6-9-12/h2-10H2,1H3,(H,13,14). The second-order valence-electron chi connectivity index (χ2n) is 3.56. The quantitative estimate of drug-likeness (QED) is 0.502. The van der Waals surface area contributed by atoms with E-state index in [2.05, 4.69) is 28.2 Å². The van der Waals surface area contributed by atoms with E-state index in [0.29, 0.717) is 6.42 Å². The minimum absolute atomic E-state index is 0.218. The Morgan fingerprint density at radius 2 is 1.93 bits per heavy atom. The third kappa shape index (κ3) is 10.0. The third-order valence-electron chi connectivity index (χ3n) is 2.14. The van der Waals surface area contributed by atoms with Gasteiger partial charge in [-0.1, -0.05) is 42.1 Å². The number of halogens is 1. The zero-order chi connectivity index (χ0) is 10.6. The number of alkyl halides is 1. The number of nitrogens with one attached hydrogen (secondary N) is 1. The van der Waals surface area contributed by atoms with E-state index in [9.17, 15) is 4.79 Å². The summed E-state index contributed by atoms with van der Waals surface area (Å²) in [5.74, 6) is 0.218. The molecule has 0 unspecified atom stereocenters. The van der Waals surface area contributed by atoms with Crippen molar-refractivity contribution in [3.05, 3.63) is 0 Å². The number of unbranched alkanes of at least 4 members (excludes halogenated alkanes) is 4. The molecule has 0 saturated heterocycles. The Morgan fingerprint density at radius 1 is 1.14 bits per heavy atom. The Morgan fingerprint density at radius 3 is 2.57 bits per heavy atom. The van der Waals surface area contributed by atoms with Crippen LogP contribution in [0.15, 0.2) is 0 Å². The maximum Gasteiger partial charge on any atom is 0.219 e. The second-order valence-corrected chi connectivity index (χ2v) is 4.35. The molecule has 0 aliphatic heterocycles. The Bertz CT molecular complexity index is 125. The average Bonchev–Trinajstić information content (AvgIpc) is 2.19. The first-order chi connectivity index (χ1) is 6.81. The molecule has 0 aromatic rings. The highest BCUT2D eigenvalue weighted by molar-refractivity contribution is 9.09. The van der Waals surface area contributed by atoms with Crippen LogP contribution in [0.3, 0.4) is 0 Å². The van der Waals surface area contributed by atoms with E-state index in [1.807, 2.05) is 0 Å². The van der Waals surface area contributed by atoms with Gasteiger partial charge in [-0.25, -0.2) is 0 Å². The van der Waals surface area contributed by atoms with E-state index in [0.717, 1.165) is 31.1 Å². The normalized spacial score (nSPS) is 10.1. The maximum atomic E-state index is 11.2. The van der Waals surface area contributed by atoms with Gasteiger partial charge in [-0.2, -0.15) is 0 Å². The van der Waals surface area contributed by atoms with Crippen molar-refractivity contribution in [1.82, 2.24) is 5.32 Å². The maximum absolute atomic E-state index is 11.2. The van der Waals surface area contributed by atoms with Gasteiger partial charge in [0.1, 0.15) is 0 Å². The van der Waals surface area contributed by atoms with Crippen molar-refractivity contribution in [3.8, 4) is 0 Å². The lowest BCUT2D eigenvalue weighted by Gasteiger charge is -2.03. The molecule has 0 aromatic carbocycles. The summed E-state index contributed by atoms with van der Waals surface area (Å²) in [6.07, 6.45) is 7.61. The molecule has 0 radical (unpaired) electrons. The first kappa shape index (κ1) is 13.9. The van der Waals surface area contributed by atoms with E-state index < -0.39 is 0 Å². The fraction of sp³-hybridized carbons (Fsp3) is 0.909. The molecule has 0 aliphatic rings. The molecular formula is C11H22BrNO. The smallest absolute Gasteiger partial charge is 0.219 e. The van der Waals surface area contributed by atoms with Gasteiger partial charge in [0.2, 0.25) is 5.91 Å². The number of rotatable bonds is 9. The highest BCUT2D eigenvalue weighted by atomic mass is 79.9. The van der Waals surface area contributed by atoms with Crippen LogP contribution in [-0.2, 0) is 4.79 Å². The molecule has 0 aliphatic carbocycles. The molecule has 3 heteroatoms. The second kappa shape index (κ2) is 11.0. The van der Waals surface area contributed by atoms with Crippen molar-refractivity contribution in [2.24, 2.45) is 0 Å². The van der Waals surface area contributed by atoms with Crippen LogP contribution in [0.5, 0.6) is 0 Å². The van der Waals surface area contributed by atoms with E-state index in [-0.39, 0.29) is 5.91 Å². The first-order valence-electron chi connectivity index (χ1n) is 5.64. The lowest BCUT2D eigenvalue weighted by molar-refractivity contribution is -0.121. The van der Waals surface area contributed by atoms with E-state index in [1.54, 1.807) is 0 Å². The number of carbonyl (C=O) groups is 1. The van der Waals surface area contributed by atoms with Crippen LogP contribution in [0.2, 0.25) is 0 Å². The van der Waals surface area contributed by atoms with Crippen molar-refractivity contribution >= 4 is 21.8 Å². The highest BCUT2D eigenvalue weighted by Gasteiger charge is 1.99. The molecule has 84 valence electrons. The fourth-order valence-electron chi connectivity index (χ4n) is 1.25. The molecule has 2 nitrogen and oxygen atoms in total. The molecule has 0 heterocycles. The van der Waals surface area contributed by atoms with Crippen molar-refractivity contribution in [2.45, 2.75) is 51.9 Å². The molecular weight excluding hydrogens is 242 g/mol. The monoisotopic (exact) mass is 263 g/mol. The van der Waals surface area contributed by atoms with Crippen molar-refractivity contribution < 1.29 is 4.79 Å². The Balaban J connectivity index is 3.11. The van der Waals surface area contributed by atoms with Crippen molar-refractivity contribution in [1.29, 1.82) is 0 Å². The van der Waals surface area contributed by atoms with Crippen LogP contribution in [0, 0.1) is 0 Å². The van der Waals surface area contributed by atoms with Gasteiger partial charge < -0.3 is 5.32 Å². The Hall–Kier alpha value is -0.0500. The summed E-state index contributed by atoms with van der Waals surface area (Å²) in [6, 6.07) is 0. The van der Waals surface area contributed by atoms with E-state index in [1.165, 1.54) is 19.3 Å². The number of hydrogen-bond donors (Lipinski definition) is 1. The van der Waals surface area contributed by atoms with Gasteiger partial charge in [-0.05, 0) is 19.3 Å². The number of amides is 1. The minimum Gasteiger partial charge on any atom is -0.356 e. The first-order valence-corrected chi connectivity index (χ1v) is 6.76. The fourth-order valence-corrected chi connectivity index (χ4v) is 1.64. The van der Waals surface area contributed by atoms with E-state index >= 15 is 0 Å². The molecule has 1 amide bonds. The number of carbonyl (C=O) groups excluding carboxylic acids is 1. The molecule has 0 atom stereocenters. The molecule has 0 saturated carbocycles. The van der Waals surface area contributed by atoms with Crippen molar-refractivity contribution in [3.63, 3.8) is 0 Å². The van der Waals surface area contributed by atoms with Crippen LogP contribution >= 0.6 is 15.9 Å². The third-order valence-corrected chi connectivity index (χ3v) is 2.70. The zero-order valence-electron chi connectivity index (χ0n) is 9.15. The van der Waals surface area contributed by atoms with Crippen LogP contribution in [0.25, 0.3) is 0 Å². The Kier molecular flexibility index (Phi) is 11.0. The summed E-state index contributed by atoms with van der Waals surface area (Å²) in [4.78, 5) is 11.2. The van der Waals surface area contributed by atoms with Gasteiger partial charge in [0.25, 0.3) is 0 Å². The van der Waals surface area contributed by atoms with Gasteiger partial charge >= 0.3 is 0 Å². The number of hydrogen-bond acceptors (Lipinski definition) is 1. The predicted molar refractivity (Wildman–Crippen MR) is 64.8 cm³/mol. The molecule has 0 bridgehead atoms. The van der Waals surface area contributed by atoms with Gasteiger partial charge in [0, 0.05) is 18.3 Å². The summed E-state index contributed by atoms with van der Waals surface area (Å²) < 4.78 is 0.